The van der Waals surface area contributed by atoms with Crippen molar-refractivity contribution in [1.29, 1.82) is 0 Å². The number of nitrogens with zero attached hydrogens (tertiary/aromatic N) is 4. The van der Waals surface area contributed by atoms with Gasteiger partial charge in [-0.15, -0.1) is 11.3 Å². The molecule has 0 saturated heterocycles. The van der Waals surface area contributed by atoms with Gasteiger partial charge in [-0.2, -0.15) is 0 Å². The maximum atomic E-state index is 5.75. The van der Waals surface area contributed by atoms with Crippen LogP contribution >= 0.6 is 11.3 Å². The summed E-state index contributed by atoms with van der Waals surface area (Å²) in [5.41, 5.74) is 3.54. The first-order valence-corrected chi connectivity index (χ1v) is 11.0. The first kappa shape index (κ1) is 19.4. The van der Waals surface area contributed by atoms with Gasteiger partial charge < -0.3 is 14.8 Å². The number of nitrogens with one attached hydrogen (secondary N) is 1. The Kier molecular flexibility index (Phi) is 5.45. The van der Waals surface area contributed by atoms with E-state index in [1.807, 2.05) is 29.8 Å². The Labute approximate surface area is 184 Å². The van der Waals surface area contributed by atoms with Gasteiger partial charge in [-0.05, 0) is 35.6 Å². The molecule has 1 aromatic carbocycles. The van der Waals surface area contributed by atoms with Gasteiger partial charge in [0, 0.05) is 24.2 Å². The van der Waals surface area contributed by atoms with E-state index in [-0.39, 0.29) is 6.04 Å². The summed E-state index contributed by atoms with van der Waals surface area (Å²) in [6, 6.07) is 10.2. The van der Waals surface area contributed by atoms with E-state index in [4.69, 9.17) is 14.5 Å². The summed E-state index contributed by atoms with van der Waals surface area (Å²) in [4.78, 5) is 19.1. The van der Waals surface area contributed by atoms with Gasteiger partial charge >= 0.3 is 0 Å². The fraction of sp³-hybridized carbons (Fsp3) is 0.217. The van der Waals surface area contributed by atoms with Crippen LogP contribution in [0, 0.1) is 0 Å². The zero-order chi connectivity index (χ0) is 21.0. The smallest absolute Gasteiger partial charge is 0.223 e. The predicted molar refractivity (Wildman–Crippen MR) is 120 cm³/mol. The van der Waals surface area contributed by atoms with Crippen LogP contribution in [0.2, 0.25) is 0 Å². The Morgan fingerprint density at radius 1 is 1.06 bits per heavy atom. The molecule has 0 bridgehead atoms. The Morgan fingerprint density at radius 2 is 1.97 bits per heavy atom. The Bertz CT molecular complexity index is 1170. The number of aromatic nitrogens is 4. The normalized spacial score (nSPS) is 13.6. The highest BCUT2D eigenvalue weighted by Gasteiger charge is 2.19. The topological polar surface area (TPSA) is 82.1 Å². The molecule has 0 unspecified atom stereocenters. The zero-order valence-electron chi connectivity index (χ0n) is 17.0. The Morgan fingerprint density at radius 3 is 2.74 bits per heavy atom. The maximum absolute atomic E-state index is 5.75. The van der Waals surface area contributed by atoms with Crippen molar-refractivity contribution in [3.05, 3.63) is 66.1 Å². The average molecular weight is 432 g/mol. The van der Waals surface area contributed by atoms with Crippen molar-refractivity contribution < 1.29 is 9.47 Å². The van der Waals surface area contributed by atoms with E-state index in [9.17, 15) is 0 Å². The summed E-state index contributed by atoms with van der Waals surface area (Å²) < 4.78 is 11.4. The van der Waals surface area contributed by atoms with Gasteiger partial charge in [0.05, 0.1) is 28.5 Å². The lowest BCUT2D eigenvalue weighted by molar-refractivity contribution is 0.171. The van der Waals surface area contributed by atoms with Gasteiger partial charge in [-0.25, -0.2) is 9.97 Å². The Hall–Kier alpha value is -3.52. The van der Waals surface area contributed by atoms with Crippen molar-refractivity contribution in [2.75, 3.05) is 18.5 Å². The van der Waals surface area contributed by atoms with E-state index >= 15 is 0 Å². The van der Waals surface area contributed by atoms with Gasteiger partial charge in [0.1, 0.15) is 13.2 Å². The van der Waals surface area contributed by atoms with Crippen LogP contribution in [0.3, 0.4) is 0 Å². The molecule has 0 aliphatic carbocycles. The molecule has 0 fully saturated rings. The molecule has 7 nitrogen and oxygen atoms in total. The number of fused-ring (bicyclic) bond motifs is 1. The summed E-state index contributed by atoms with van der Waals surface area (Å²) in [7, 11) is 0. The van der Waals surface area contributed by atoms with Gasteiger partial charge in [-0.1, -0.05) is 19.1 Å². The molecule has 1 N–H and O–H groups in total. The molecule has 156 valence electrons. The second-order valence-corrected chi connectivity index (χ2v) is 7.98. The summed E-state index contributed by atoms with van der Waals surface area (Å²) in [5, 5.41) is 5.52. The quantitative estimate of drug-likeness (QED) is 0.460. The van der Waals surface area contributed by atoms with Crippen LogP contribution in [-0.2, 0) is 0 Å². The lowest BCUT2D eigenvalue weighted by Gasteiger charge is -2.22. The molecule has 31 heavy (non-hydrogen) atoms. The molecular formula is C23H21N5O2S. The lowest BCUT2D eigenvalue weighted by atomic mass is 10.0. The van der Waals surface area contributed by atoms with Crippen molar-refractivity contribution in [1.82, 2.24) is 19.9 Å². The minimum Gasteiger partial charge on any atom is -0.486 e. The fourth-order valence-corrected chi connectivity index (χ4v) is 4.26. The van der Waals surface area contributed by atoms with Crippen molar-refractivity contribution in [3.63, 3.8) is 0 Å². The van der Waals surface area contributed by atoms with Crippen molar-refractivity contribution in [2.24, 2.45) is 0 Å². The second kappa shape index (κ2) is 8.69. The summed E-state index contributed by atoms with van der Waals surface area (Å²) in [6.45, 7) is 3.28. The highest BCUT2D eigenvalue weighted by atomic mass is 32.1. The van der Waals surface area contributed by atoms with Crippen LogP contribution in [-0.4, -0.2) is 33.1 Å². The van der Waals surface area contributed by atoms with Crippen LogP contribution in [0.1, 0.15) is 24.9 Å². The summed E-state index contributed by atoms with van der Waals surface area (Å²) in [6.07, 6.45) is 7.74. The highest BCUT2D eigenvalue weighted by molar-refractivity contribution is 7.13. The molecule has 0 amide bonds. The standard InChI is InChI=1S/C23H21N5O2S/c1-2-17(15-5-6-19-20(12-15)30-10-9-29-19)27-23-26-13-16(18-14-24-7-8-25-18)22(28-23)21-4-3-11-31-21/h3-8,11-14,17H,2,9-10H2,1H3,(H,26,27,28)/t17-/m1/s1. The van der Waals surface area contributed by atoms with Crippen LogP contribution in [0.25, 0.3) is 21.8 Å². The third-order valence-electron chi connectivity index (χ3n) is 5.06. The SMILES string of the molecule is CC[C@@H](Nc1ncc(-c2cnccn2)c(-c2cccs2)n1)c1ccc2c(c1)OCCO2. The van der Waals surface area contributed by atoms with Gasteiger partial charge in [0.25, 0.3) is 0 Å². The lowest BCUT2D eigenvalue weighted by Crippen LogP contribution is -2.17. The van der Waals surface area contributed by atoms with Gasteiger partial charge in [0.2, 0.25) is 5.95 Å². The minimum absolute atomic E-state index is 0.0365. The molecule has 1 aliphatic rings. The molecule has 0 radical (unpaired) electrons. The molecule has 1 atom stereocenters. The van der Waals surface area contributed by atoms with E-state index < -0.39 is 0 Å². The molecule has 0 saturated carbocycles. The maximum Gasteiger partial charge on any atom is 0.223 e. The molecular weight excluding hydrogens is 410 g/mol. The Balaban J connectivity index is 1.48. The van der Waals surface area contributed by atoms with E-state index in [0.717, 1.165) is 45.3 Å². The minimum atomic E-state index is 0.0365. The average Bonchev–Trinajstić information content (AvgIpc) is 3.38. The first-order chi connectivity index (χ1) is 15.3. The highest BCUT2D eigenvalue weighted by Crippen LogP contribution is 2.35. The number of anilines is 1. The van der Waals surface area contributed by atoms with Gasteiger partial charge in [0.15, 0.2) is 11.5 Å². The largest absolute Gasteiger partial charge is 0.486 e. The predicted octanol–water partition coefficient (Wildman–Crippen LogP) is 5.00. The fourth-order valence-electron chi connectivity index (χ4n) is 3.53. The molecule has 4 aromatic rings. The third kappa shape index (κ3) is 4.06. The zero-order valence-corrected chi connectivity index (χ0v) is 17.8. The van der Waals surface area contributed by atoms with Crippen LogP contribution < -0.4 is 14.8 Å². The van der Waals surface area contributed by atoms with Crippen LogP contribution in [0.4, 0.5) is 5.95 Å². The van der Waals surface area contributed by atoms with Gasteiger partial charge in [-0.3, -0.25) is 9.97 Å². The van der Waals surface area contributed by atoms with E-state index in [1.54, 1.807) is 29.9 Å². The van der Waals surface area contributed by atoms with Crippen LogP contribution in [0.15, 0.2) is 60.5 Å². The second-order valence-electron chi connectivity index (χ2n) is 7.03. The third-order valence-corrected chi connectivity index (χ3v) is 5.94. The van der Waals surface area contributed by atoms with E-state index in [1.165, 1.54) is 0 Å². The first-order valence-electron chi connectivity index (χ1n) is 10.1. The molecule has 5 rings (SSSR count). The number of benzene rings is 1. The molecule has 0 spiro atoms. The molecule has 1 aliphatic heterocycles. The van der Waals surface area contributed by atoms with E-state index in [2.05, 4.69) is 39.3 Å². The monoisotopic (exact) mass is 431 g/mol. The number of hydrogen-bond acceptors (Lipinski definition) is 8. The van der Waals surface area contributed by atoms with Crippen molar-refractivity contribution in [3.8, 4) is 33.3 Å². The summed E-state index contributed by atoms with van der Waals surface area (Å²) >= 11 is 1.63. The van der Waals surface area contributed by atoms with E-state index in [0.29, 0.717) is 19.2 Å². The van der Waals surface area contributed by atoms with Crippen molar-refractivity contribution in [2.45, 2.75) is 19.4 Å². The number of rotatable bonds is 6. The summed E-state index contributed by atoms with van der Waals surface area (Å²) in [5.74, 6) is 2.13. The molecule has 4 heterocycles. The number of ether oxygens (including phenoxy) is 2. The molecule has 8 heteroatoms. The number of hydrogen-bond donors (Lipinski definition) is 1. The van der Waals surface area contributed by atoms with Crippen LogP contribution in [0.5, 0.6) is 11.5 Å². The molecule has 3 aromatic heterocycles. The van der Waals surface area contributed by atoms with Crippen molar-refractivity contribution >= 4 is 17.3 Å². The number of thiophene rings is 1.